The summed E-state index contributed by atoms with van der Waals surface area (Å²) in [6, 6.07) is 15.8. The normalized spacial score (nSPS) is 12.3. The maximum absolute atomic E-state index is 12.4. The number of amides is 1. The van der Waals surface area contributed by atoms with Crippen LogP contribution in [0.4, 0.5) is 0 Å². The third-order valence-corrected chi connectivity index (χ3v) is 4.38. The van der Waals surface area contributed by atoms with Crippen LogP contribution >= 0.6 is 0 Å². The third-order valence-electron chi connectivity index (χ3n) is 4.38. The zero-order chi connectivity index (χ0) is 19.9. The van der Waals surface area contributed by atoms with Gasteiger partial charge in [0.25, 0.3) is 5.91 Å². The molecule has 0 spiro atoms. The molecule has 0 heterocycles. The highest BCUT2D eigenvalue weighted by atomic mass is 16.5. The van der Waals surface area contributed by atoms with Gasteiger partial charge in [0.2, 0.25) is 0 Å². The van der Waals surface area contributed by atoms with Gasteiger partial charge in [0, 0.05) is 0 Å². The van der Waals surface area contributed by atoms with Crippen molar-refractivity contribution in [1.29, 1.82) is 0 Å². The van der Waals surface area contributed by atoms with E-state index in [0.29, 0.717) is 19.6 Å². The maximum atomic E-state index is 12.4. The van der Waals surface area contributed by atoms with Crippen molar-refractivity contribution in [2.75, 3.05) is 13.2 Å². The molecule has 1 unspecified atom stereocenters. The lowest BCUT2D eigenvalue weighted by Gasteiger charge is -2.23. The van der Waals surface area contributed by atoms with Gasteiger partial charge in [-0.2, -0.15) is 0 Å². The zero-order valence-electron chi connectivity index (χ0n) is 17.0. The zero-order valence-corrected chi connectivity index (χ0v) is 17.0. The van der Waals surface area contributed by atoms with Crippen LogP contribution in [0.3, 0.4) is 0 Å². The number of hydrogen-bond donors (Lipinski definition) is 1. The van der Waals surface area contributed by atoms with Gasteiger partial charge < -0.3 is 14.8 Å². The quantitative estimate of drug-likeness (QED) is 0.689. The first kappa shape index (κ1) is 20.8. The number of para-hydroxylation sites is 2. The number of nitrogens with one attached hydrogen (secondary N) is 1. The summed E-state index contributed by atoms with van der Waals surface area (Å²) in [7, 11) is 0. The van der Waals surface area contributed by atoms with Gasteiger partial charge in [-0.05, 0) is 42.0 Å². The second-order valence-corrected chi connectivity index (χ2v) is 7.67. The van der Waals surface area contributed by atoms with E-state index in [-0.39, 0.29) is 11.3 Å². The Bertz CT molecular complexity index is 749. The van der Waals surface area contributed by atoms with Crippen LogP contribution in [0.25, 0.3) is 0 Å². The van der Waals surface area contributed by atoms with Gasteiger partial charge in [-0.3, -0.25) is 4.79 Å². The average molecular weight is 370 g/mol. The molecule has 2 aromatic carbocycles. The van der Waals surface area contributed by atoms with E-state index in [1.807, 2.05) is 56.3 Å². The Hall–Kier alpha value is -2.49. The molecule has 0 saturated heterocycles. The summed E-state index contributed by atoms with van der Waals surface area (Å²) < 4.78 is 11.8. The Kier molecular flexibility index (Phi) is 7.28. The molecule has 0 aliphatic heterocycles. The predicted molar refractivity (Wildman–Crippen MR) is 110 cm³/mol. The van der Waals surface area contributed by atoms with Crippen molar-refractivity contribution >= 4 is 5.91 Å². The molecule has 1 atom stereocenters. The second-order valence-electron chi connectivity index (χ2n) is 7.67. The van der Waals surface area contributed by atoms with Crippen LogP contribution in [0.15, 0.2) is 48.5 Å². The van der Waals surface area contributed by atoms with Crippen molar-refractivity contribution in [3.8, 4) is 11.5 Å². The first-order chi connectivity index (χ1) is 12.8. The fourth-order valence-electron chi connectivity index (χ4n) is 2.83. The highest BCUT2D eigenvalue weighted by Gasteiger charge is 2.20. The summed E-state index contributed by atoms with van der Waals surface area (Å²) in [4.78, 5) is 12.4. The number of carbonyl (C=O) groups excluding carboxylic acids is 1. The van der Waals surface area contributed by atoms with Gasteiger partial charge in [-0.15, -0.1) is 0 Å². The van der Waals surface area contributed by atoms with Crippen LogP contribution in [-0.4, -0.2) is 25.2 Å². The Labute approximate surface area is 162 Å². The van der Waals surface area contributed by atoms with Gasteiger partial charge in [0.1, 0.15) is 18.1 Å². The lowest BCUT2D eigenvalue weighted by molar-refractivity contribution is -0.128. The van der Waals surface area contributed by atoms with E-state index in [2.05, 4.69) is 32.2 Å². The minimum atomic E-state index is -0.507. The summed E-state index contributed by atoms with van der Waals surface area (Å²) >= 11 is 0. The van der Waals surface area contributed by atoms with Crippen LogP contribution in [0.5, 0.6) is 11.5 Å². The summed E-state index contributed by atoms with van der Waals surface area (Å²) in [5, 5.41) is 2.91. The molecule has 2 rings (SSSR count). The average Bonchev–Trinajstić information content (AvgIpc) is 2.64. The highest BCUT2D eigenvalue weighted by molar-refractivity contribution is 5.81. The molecule has 0 aromatic heterocycles. The van der Waals surface area contributed by atoms with E-state index >= 15 is 0 Å². The largest absolute Gasteiger partial charge is 0.491 e. The van der Waals surface area contributed by atoms with Crippen LogP contribution < -0.4 is 14.8 Å². The summed E-state index contributed by atoms with van der Waals surface area (Å²) in [6.45, 7) is 11.2. The minimum absolute atomic E-state index is 0.00846. The van der Waals surface area contributed by atoms with E-state index in [0.717, 1.165) is 22.6 Å². The SMILES string of the molecule is CCC(Oc1ccccc1C)C(=O)NCCOc1ccccc1C(C)(C)C. The van der Waals surface area contributed by atoms with E-state index in [1.165, 1.54) is 0 Å². The number of hydrogen-bond acceptors (Lipinski definition) is 3. The van der Waals surface area contributed by atoms with E-state index in [4.69, 9.17) is 9.47 Å². The second kappa shape index (κ2) is 9.45. The van der Waals surface area contributed by atoms with E-state index in [1.54, 1.807) is 0 Å². The van der Waals surface area contributed by atoms with Crippen molar-refractivity contribution in [2.24, 2.45) is 0 Å². The molecular formula is C23H31NO3. The maximum Gasteiger partial charge on any atom is 0.261 e. The molecule has 0 fully saturated rings. The Morgan fingerprint density at radius 3 is 2.30 bits per heavy atom. The fourth-order valence-corrected chi connectivity index (χ4v) is 2.83. The van der Waals surface area contributed by atoms with Gasteiger partial charge in [-0.1, -0.05) is 64.1 Å². The van der Waals surface area contributed by atoms with Gasteiger partial charge in [0.15, 0.2) is 6.10 Å². The summed E-state index contributed by atoms with van der Waals surface area (Å²) in [6.07, 6.45) is 0.0985. The fraction of sp³-hybridized carbons (Fsp3) is 0.435. The summed E-state index contributed by atoms with van der Waals surface area (Å²) in [5.41, 5.74) is 2.19. The van der Waals surface area contributed by atoms with Gasteiger partial charge >= 0.3 is 0 Å². The van der Waals surface area contributed by atoms with Crippen molar-refractivity contribution in [2.45, 2.75) is 52.6 Å². The molecule has 146 valence electrons. The first-order valence-corrected chi connectivity index (χ1v) is 9.55. The number of benzene rings is 2. The van der Waals surface area contributed by atoms with Crippen molar-refractivity contribution in [3.63, 3.8) is 0 Å². The van der Waals surface area contributed by atoms with Crippen molar-refractivity contribution in [1.82, 2.24) is 5.32 Å². The minimum Gasteiger partial charge on any atom is -0.491 e. The molecule has 27 heavy (non-hydrogen) atoms. The number of aryl methyl sites for hydroxylation is 1. The van der Waals surface area contributed by atoms with Crippen molar-refractivity contribution < 1.29 is 14.3 Å². The molecule has 1 N–H and O–H groups in total. The number of ether oxygens (including phenoxy) is 2. The molecule has 0 aliphatic carbocycles. The lowest BCUT2D eigenvalue weighted by Crippen LogP contribution is -2.40. The van der Waals surface area contributed by atoms with E-state index in [9.17, 15) is 4.79 Å². The lowest BCUT2D eigenvalue weighted by atomic mass is 9.86. The Morgan fingerprint density at radius 2 is 1.67 bits per heavy atom. The molecule has 0 bridgehead atoms. The molecule has 0 saturated carbocycles. The van der Waals surface area contributed by atoms with Crippen LogP contribution in [0, 0.1) is 6.92 Å². The molecule has 4 heteroatoms. The molecule has 1 amide bonds. The summed E-state index contributed by atoms with van der Waals surface area (Å²) in [5.74, 6) is 1.49. The Morgan fingerprint density at radius 1 is 1.04 bits per heavy atom. The number of rotatable bonds is 8. The first-order valence-electron chi connectivity index (χ1n) is 9.55. The van der Waals surface area contributed by atoms with Gasteiger partial charge in [-0.25, -0.2) is 0 Å². The number of carbonyl (C=O) groups is 1. The van der Waals surface area contributed by atoms with Crippen LogP contribution in [0.1, 0.15) is 45.2 Å². The highest BCUT2D eigenvalue weighted by Crippen LogP contribution is 2.30. The topological polar surface area (TPSA) is 47.6 Å². The van der Waals surface area contributed by atoms with E-state index < -0.39 is 6.10 Å². The van der Waals surface area contributed by atoms with Crippen LogP contribution in [-0.2, 0) is 10.2 Å². The molecule has 2 aromatic rings. The van der Waals surface area contributed by atoms with Crippen molar-refractivity contribution in [3.05, 3.63) is 59.7 Å². The molecule has 0 aliphatic rings. The monoisotopic (exact) mass is 369 g/mol. The van der Waals surface area contributed by atoms with Gasteiger partial charge in [0.05, 0.1) is 6.54 Å². The molecular weight excluding hydrogens is 338 g/mol. The smallest absolute Gasteiger partial charge is 0.261 e. The standard InChI is InChI=1S/C23H31NO3/c1-6-19(27-20-13-9-7-11-17(20)2)22(25)24-15-16-26-21-14-10-8-12-18(21)23(3,4)5/h7-14,19H,6,15-16H2,1-5H3,(H,24,25). The predicted octanol–water partition coefficient (Wildman–Crippen LogP) is 4.65. The van der Waals surface area contributed by atoms with Crippen LogP contribution in [0.2, 0.25) is 0 Å². The molecule has 4 nitrogen and oxygen atoms in total. The third kappa shape index (κ3) is 6.02. The Balaban J connectivity index is 1.86. The molecule has 0 radical (unpaired) electrons.